The van der Waals surface area contributed by atoms with E-state index in [9.17, 15) is 9.59 Å². The molecule has 0 spiro atoms. The Bertz CT molecular complexity index is 1340. The Balaban J connectivity index is 1.37. The summed E-state index contributed by atoms with van der Waals surface area (Å²) in [5.41, 5.74) is 2.99. The number of carbonyl (C=O) groups is 2. The minimum Gasteiger partial charge on any atom is -0.497 e. The summed E-state index contributed by atoms with van der Waals surface area (Å²) in [6.07, 6.45) is 1.65. The summed E-state index contributed by atoms with van der Waals surface area (Å²) in [5, 5.41) is 0.900. The summed E-state index contributed by atoms with van der Waals surface area (Å²) in [4.78, 5) is 30.5. The summed E-state index contributed by atoms with van der Waals surface area (Å²) in [7, 11) is 1.60. The van der Waals surface area contributed by atoms with Crippen LogP contribution in [-0.2, 0) is 0 Å². The third kappa shape index (κ3) is 4.18. The predicted octanol–water partition coefficient (Wildman–Crippen LogP) is 4.84. The van der Waals surface area contributed by atoms with Crippen molar-refractivity contribution < 1.29 is 18.7 Å². The summed E-state index contributed by atoms with van der Waals surface area (Å²) >= 11 is 0. The smallest absolute Gasteiger partial charge is 0.270 e. The number of fused-ring (bicyclic) bond motifs is 1. The molecule has 1 aliphatic heterocycles. The molecule has 2 atom stereocenters. The minimum absolute atomic E-state index is 0.0363. The van der Waals surface area contributed by atoms with Gasteiger partial charge in [-0.15, -0.1) is 0 Å². The van der Waals surface area contributed by atoms with Crippen molar-refractivity contribution in [2.45, 2.75) is 25.9 Å². The first kappa shape index (κ1) is 22.8. The third-order valence-electron chi connectivity index (χ3n) is 6.85. The van der Waals surface area contributed by atoms with Crippen molar-refractivity contribution in [3.05, 3.63) is 89.8 Å². The van der Waals surface area contributed by atoms with Crippen LogP contribution in [0.4, 0.5) is 0 Å². The molecule has 1 fully saturated rings. The number of nitrogens with zero attached hydrogens (tertiary/aromatic N) is 3. The Morgan fingerprint density at radius 2 is 1.74 bits per heavy atom. The maximum atomic E-state index is 13.7. The van der Waals surface area contributed by atoms with Crippen LogP contribution in [0, 0.1) is 0 Å². The second-order valence-electron chi connectivity index (χ2n) is 8.99. The number of amides is 2. The van der Waals surface area contributed by atoms with Crippen LogP contribution in [0.3, 0.4) is 0 Å². The fourth-order valence-electron chi connectivity index (χ4n) is 4.88. The van der Waals surface area contributed by atoms with Gasteiger partial charge in [-0.1, -0.05) is 30.3 Å². The maximum absolute atomic E-state index is 13.7. The number of ether oxygens (including phenoxy) is 1. The standard InChI is InChI=1S/C28H29N3O4/c1-19-18-29(14-15-30(19)26(32)22-9-11-24(34-3)12-10-22)27(33)25-17-23-13-16-35-28(23)31(25)20(2)21-7-5-4-6-8-21/h4-13,16-17,19-20H,14-15,18H2,1-3H3/t19-,20-/m1/s1. The van der Waals surface area contributed by atoms with Gasteiger partial charge < -0.3 is 19.0 Å². The lowest BCUT2D eigenvalue weighted by atomic mass is 10.1. The van der Waals surface area contributed by atoms with Gasteiger partial charge in [0.15, 0.2) is 0 Å². The zero-order valence-electron chi connectivity index (χ0n) is 20.2. The van der Waals surface area contributed by atoms with Crippen LogP contribution in [0.1, 0.15) is 46.3 Å². The van der Waals surface area contributed by atoms with E-state index in [0.717, 1.165) is 10.9 Å². The monoisotopic (exact) mass is 471 g/mol. The largest absolute Gasteiger partial charge is 0.497 e. The first-order valence-corrected chi connectivity index (χ1v) is 11.9. The van der Waals surface area contributed by atoms with Crippen molar-refractivity contribution >= 4 is 22.9 Å². The Morgan fingerprint density at radius 3 is 2.43 bits per heavy atom. The number of aromatic nitrogens is 1. The zero-order valence-corrected chi connectivity index (χ0v) is 20.2. The van der Waals surface area contributed by atoms with Gasteiger partial charge in [-0.2, -0.15) is 0 Å². The molecule has 180 valence electrons. The highest BCUT2D eigenvalue weighted by molar-refractivity contribution is 5.98. The van der Waals surface area contributed by atoms with Crippen LogP contribution in [0.5, 0.6) is 5.75 Å². The van der Waals surface area contributed by atoms with Gasteiger partial charge in [-0.05, 0) is 55.8 Å². The first-order chi connectivity index (χ1) is 17.0. The molecule has 1 aliphatic rings. The van der Waals surface area contributed by atoms with Gasteiger partial charge in [0.25, 0.3) is 11.8 Å². The van der Waals surface area contributed by atoms with Crippen molar-refractivity contribution in [3.8, 4) is 5.75 Å². The van der Waals surface area contributed by atoms with Crippen LogP contribution in [0.15, 0.2) is 77.4 Å². The second kappa shape index (κ2) is 9.33. The molecule has 2 amide bonds. The maximum Gasteiger partial charge on any atom is 0.270 e. The molecule has 35 heavy (non-hydrogen) atoms. The van der Waals surface area contributed by atoms with Crippen molar-refractivity contribution in [1.82, 2.24) is 14.4 Å². The third-order valence-corrected chi connectivity index (χ3v) is 6.85. The predicted molar refractivity (Wildman–Crippen MR) is 134 cm³/mol. The van der Waals surface area contributed by atoms with Crippen molar-refractivity contribution in [2.24, 2.45) is 0 Å². The number of hydrogen-bond donors (Lipinski definition) is 0. The molecule has 3 heterocycles. The Kier molecular flexibility index (Phi) is 6.07. The minimum atomic E-state index is -0.111. The van der Waals surface area contributed by atoms with Gasteiger partial charge in [0.1, 0.15) is 11.4 Å². The van der Waals surface area contributed by atoms with E-state index in [1.807, 2.05) is 51.6 Å². The molecule has 0 bridgehead atoms. The Labute approximate surface area is 204 Å². The number of rotatable bonds is 5. The average Bonchev–Trinajstić information content (AvgIpc) is 3.49. The molecule has 0 aliphatic carbocycles. The SMILES string of the molecule is COc1ccc(C(=O)N2CCN(C(=O)c3cc4ccoc4n3[C@H](C)c3ccccc3)C[C@H]2C)cc1. The highest BCUT2D eigenvalue weighted by Crippen LogP contribution is 2.30. The van der Waals surface area contributed by atoms with Crippen LogP contribution < -0.4 is 4.74 Å². The summed E-state index contributed by atoms with van der Waals surface area (Å²) in [6, 6.07) is 20.8. The molecule has 0 saturated carbocycles. The molecular formula is C28H29N3O4. The Morgan fingerprint density at radius 1 is 1.00 bits per heavy atom. The molecule has 7 nitrogen and oxygen atoms in total. The van der Waals surface area contributed by atoms with E-state index in [4.69, 9.17) is 9.15 Å². The number of carbonyl (C=O) groups excluding carboxylic acids is 2. The van der Waals surface area contributed by atoms with Crippen molar-refractivity contribution in [1.29, 1.82) is 0 Å². The van der Waals surface area contributed by atoms with Crippen LogP contribution in [0.2, 0.25) is 0 Å². The van der Waals surface area contributed by atoms with E-state index in [1.54, 1.807) is 37.6 Å². The number of benzene rings is 2. The molecule has 0 radical (unpaired) electrons. The average molecular weight is 472 g/mol. The van der Waals surface area contributed by atoms with E-state index in [0.29, 0.717) is 42.4 Å². The van der Waals surface area contributed by atoms with Gasteiger partial charge >= 0.3 is 0 Å². The first-order valence-electron chi connectivity index (χ1n) is 11.9. The highest BCUT2D eigenvalue weighted by Gasteiger charge is 2.33. The van der Waals surface area contributed by atoms with Crippen LogP contribution in [0.25, 0.3) is 11.1 Å². The van der Waals surface area contributed by atoms with E-state index in [-0.39, 0.29) is 23.9 Å². The van der Waals surface area contributed by atoms with Crippen LogP contribution in [-0.4, -0.2) is 59.0 Å². The van der Waals surface area contributed by atoms with E-state index >= 15 is 0 Å². The van der Waals surface area contributed by atoms with Crippen molar-refractivity contribution in [2.75, 3.05) is 26.7 Å². The fraction of sp³-hybridized carbons (Fsp3) is 0.286. The summed E-state index contributed by atoms with van der Waals surface area (Å²) < 4.78 is 12.9. The molecule has 4 aromatic rings. The summed E-state index contributed by atoms with van der Waals surface area (Å²) in [5.74, 6) is 0.622. The number of methoxy groups -OCH3 is 1. The molecular weight excluding hydrogens is 442 g/mol. The van der Waals surface area contributed by atoms with Gasteiger partial charge in [-0.3, -0.25) is 14.2 Å². The summed E-state index contributed by atoms with van der Waals surface area (Å²) in [6.45, 7) is 5.47. The molecule has 2 aromatic heterocycles. The molecule has 0 N–H and O–H groups in total. The van der Waals surface area contributed by atoms with Gasteiger partial charge in [0.2, 0.25) is 5.71 Å². The highest BCUT2D eigenvalue weighted by atomic mass is 16.5. The lowest BCUT2D eigenvalue weighted by molar-refractivity contribution is 0.0409. The normalized spacial score (nSPS) is 16.9. The lowest BCUT2D eigenvalue weighted by Gasteiger charge is -2.40. The number of piperazine rings is 1. The lowest BCUT2D eigenvalue weighted by Crippen LogP contribution is -2.55. The number of hydrogen-bond acceptors (Lipinski definition) is 4. The number of furan rings is 1. The zero-order chi connectivity index (χ0) is 24.5. The molecule has 5 rings (SSSR count). The topological polar surface area (TPSA) is 67.9 Å². The van der Waals surface area contributed by atoms with E-state index in [1.165, 1.54) is 0 Å². The fourth-order valence-corrected chi connectivity index (χ4v) is 4.88. The Hall–Kier alpha value is -4.00. The van der Waals surface area contributed by atoms with E-state index in [2.05, 4.69) is 19.1 Å². The molecule has 2 aromatic carbocycles. The van der Waals surface area contributed by atoms with Gasteiger partial charge in [0, 0.05) is 36.6 Å². The van der Waals surface area contributed by atoms with E-state index < -0.39 is 0 Å². The van der Waals surface area contributed by atoms with Gasteiger partial charge in [-0.25, -0.2) is 0 Å². The second-order valence-corrected chi connectivity index (χ2v) is 8.99. The van der Waals surface area contributed by atoms with Crippen LogP contribution >= 0.6 is 0 Å². The van der Waals surface area contributed by atoms with Crippen molar-refractivity contribution in [3.63, 3.8) is 0 Å². The molecule has 1 saturated heterocycles. The quantitative estimate of drug-likeness (QED) is 0.418. The molecule has 0 unspecified atom stereocenters. The molecule has 7 heteroatoms. The van der Waals surface area contributed by atoms with Gasteiger partial charge in [0.05, 0.1) is 19.4 Å².